The molecule has 0 aliphatic carbocycles. The maximum Gasteiger partial charge on any atom is 0.223 e. The first-order valence-corrected chi connectivity index (χ1v) is 4.87. The van der Waals surface area contributed by atoms with Gasteiger partial charge in [-0.15, -0.1) is 0 Å². The van der Waals surface area contributed by atoms with Crippen LogP contribution >= 0.6 is 0 Å². The van der Waals surface area contributed by atoms with Crippen molar-refractivity contribution in [2.45, 2.75) is 26.4 Å². The highest BCUT2D eigenvalue weighted by atomic mass is 16.5. The molecule has 2 N–H and O–H groups in total. The second-order valence-corrected chi connectivity index (χ2v) is 3.20. The number of nitrogens with zero attached hydrogens (tertiary/aromatic N) is 1. The van der Waals surface area contributed by atoms with Gasteiger partial charge in [0.2, 0.25) is 5.43 Å². The van der Waals surface area contributed by atoms with Crippen LogP contribution in [0.2, 0.25) is 0 Å². The third kappa shape index (κ3) is 2.99. The molecule has 1 aromatic rings. The van der Waals surface area contributed by atoms with Gasteiger partial charge < -0.3 is 15.1 Å². The molecule has 5 nitrogen and oxygen atoms in total. The Hall–Kier alpha value is -1.49. The minimum atomic E-state index is -0.388. The normalized spacial score (nSPS) is 10.3. The van der Waals surface area contributed by atoms with E-state index in [4.69, 9.17) is 9.84 Å². The molecule has 0 radical (unpaired) electrons. The zero-order valence-corrected chi connectivity index (χ0v) is 8.64. The van der Waals surface area contributed by atoms with E-state index in [-0.39, 0.29) is 23.5 Å². The smallest absolute Gasteiger partial charge is 0.223 e. The number of hydrogen-bond donors (Lipinski definition) is 2. The number of pyridine rings is 1. The topological polar surface area (TPSA) is 71.7 Å². The lowest BCUT2D eigenvalue weighted by Crippen LogP contribution is -2.14. The summed E-state index contributed by atoms with van der Waals surface area (Å²) in [7, 11) is 0. The number of hydrogen-bond acceptors (Lipinski definition) is 4. The first-order valence-electron chi connectivity index (χ1n) is 4.87. The summed E-state index contributed by atoms with van der Waals surface area (Å²) < 4.78 is 5.88. The monoisotopic (exact) mass is 213 g/mol. The van der Waals surface area contributed by atoms with Crippen LogP contribution < -0.4 is 10.2 Å². The molecule has 0 aliphatic rings. The van der Waals surface area contributed by atoms with Crippen molar-refractivity contribution in [3.63, 3.8) is 0 Å². The van der Waals surface area contributed by atoms with Crippen LogP contribution in [0.15, 0.2) is 17.1 Å². The Morgan fingerprint density at radius 2 is 2.27 bits per heavy atom. The van der Waals surface area contributed by atoms with Crippen molar-refractivity contribution in [1.29, 1.82) is 0 Å². The molecule has 15 heavy (non-hydrogen) atoms. The molecule has 0 saturated carbocycles. The summed E-state index contributed by atoms with van der Waals surface area (Å²) in [6, 6.07) is 1.15. The lowest BCUT2D eigenvalue weighted by atomic mass is 10.3. The summed E-state index contributed by atoms with van der Waals surface area (Å²) in [6.07, 6.45) is 3.00. The highest BCUT2D eigenvalue weighted by Crippen LogP contribution is 2.05. The Labute approximate surface area is 87.5 Å². The maximum absolute atomic E-state index is 11.4. The largest absolute Gasteiger partial charge is 0.488 e. The molecule has 0 saturated heterocycles. The number of aromatic nitrogens is 1. The van der Waals surface area contributed by atoms with Gasteiger partial charge in [0, 0.05) is 6.07 Å². The molecule has 0 aliphatic heterocycles. The third-order valence-electron chi connectivity index (χ3n) is 1.99. The van der Waals surface area contributed by atoms with E-state index in [1.54, 1.807) is 0 Å². The SMILES string of the molecule is CCCCOc1cn(O)c(CO)cc1=O. The van der Waals surface area contributed by atoms with Crippen LogP contribution in [0.4, 0.5) is 0 Å². The van der Waals surface area contributed by atoms with Crippen LogP contribution in [-0.2, 0) is 6.61 Å². The van der Waals surface area contributed by atoms with Crippen molar-refractivity contribution < 1.29 is 15.1 Å². The van der Waals surface area contributed by atoms with E-state index in [0.29, 0.717) is 11.3 Å². The van der Waals surface area contributed by atoms with Crippen LogP contribution in [0.3, 0.4) is 0 Å². The van der Waals surface area contributed by atoms with E-state index in [1.165, 1.54) is 6.20 Å². The average molecular weight is 213 g/mol. The molecule has 0 atom stereocenters. The molecule has 84 valence electrons. The summed E-state index contributed by atoms with van der Waals surface area (Å²) in [4.78, 5) is 11.4. The Morgan fingerprint density at radius 1 is 1.53 bits per heavy atom. The van der Waals surface area contributed by atoms with Crippen molar-refractivity contribution in [3.05, 3.63) is 28.2 Å². The number of ether oxygens (including phenoxy) is 1. The fourth-order valence-corrected chi connectivity index (χ4v) is 1.10. The van der Waals surface area contributed by atoms with Crippen LogP contribution in [0.5, 0.6) is 5.75 Å². The van der Waals surface area contributed by atoms with Crippen molar-refractivity contribution >= 4 is 0 Å². The molecular formula is C10H15NO4. The van der Waals surface area contributed by atoms with Crippen LogP contribution in [0.1, 0.15) is 25.5 Å². The molecule has 0 spiro atoms. The minimum Gasteiger partial charge on any atom is -0.488 e. The van der Waals surface area contributed by atoms with Gasteiger partial charge in [0.05, 0.1) is 25.1 Å². The van der Waals surface area contributed by atoms with E-state index >= 15 is 0 Å². The molecule has 1 rings (SSSR count). The van der Waals surface area contributed by atoms with Crippen molar-refractivity contribution in [1.82, 2.24) is 4.73 Å². The van der Waals surface area contributed by atoms with E-state index < -0.39 is 0 Å². The summed E-state index contributed by atoms with van der Waals surface area (Å²) in [5.41, 5.74) is -0.191. The van der Waals surface area contributed by atoms with Crippen LogP contribution in [0, 0.1) is 0 Å². The number of aliphatic hydroxyl groups excluding tert-OH is 1. The lowest BCUT2D eigenvalue weighted by Gasteiger charge is -2.08. The highest BCUT2D eigenvalue weighted by Gasteiger charge is 2.05. The Balaban J connectivity index is 2.81. The van der Waals surface area contributed by atoms with E-state index in [1.807, 2.05) is 6.92 Å². The quantitative estimate of drug-likeness (QED) is 0.559. The second kappa shape index (κ2) is 5.41. The summed E-state index contributed by atoms with van der Waals surface area (Å²) in [6.45, 7) is 2.08. The predicted molar refractivity (Wildman–Crippen MR) is 54.2 cm³/mol. The van der Waals surface area contributed by atoms with E-state index in [2.05, 4.69) is 0 Å². The van der Waals surface area contributed by atoms with Gasteiger partial charge >= 0.3 is 0 Å². The zero-order valence-electron chi connectivity index (χ0n) is 8.64. The fourth-order valence-electron chi connectivity index (χ4n) is 1.10. The van der Waals surface area contributed by atoms with Crippen LogP contribution in [0.25, 0.3) is 0 Å². The fraction of sp³-hybridized carbons (Fsp3) is 0.500. The van der Waals surface area contributed by atoms with Gasteiger partial charge in [0.1, 0.15) is 0 Å². The lowest BCUT2D eigenvalue weighted by molar-refractivity contribution is 0.146. The first kappa shape index (κ1) is 11.6. The van der Waals surface area contributed by atoms with E-state index in [9.17, 15) is 10.0 Å². The van der Waals surface area contributed by atoms with Crippen LogP contribution in [-0.4, -0.2) is 21.7 Å². The van der Waals surface area contributed by atoms with Gasteiger partial charge in [-0.2, -0.15) is 4.73 Å². The summed E-state index contributed by atoms with van der Waals surface area (Å²) in [5, 5.41) is 18.1. The Morgan fingerprint density at radius 3 is 2.87 bits per heavy atom. The molecule has 0 unspecified atom stereocenters. The zero-order chi connectivity index (χ0) is 11.3. The maximum atomic E-state index is 11.4. The van der Waals surface area contributed by atoms with Gasteiger partial charge in [0.15, 0.2) is 5.75 Å². The highest BCUT2D eigenvalue weighted by molar-refractivity contribution is 5.20. The van der Waals surface area contributed by atoms with Gasteiger partial charge in [0.25, 0.3) is 0 Å². The van der Waals surface area contributed by atoms with Gasteiger partial charge in [-0.3, -0.25) is 4.79 Å². The van der Waals surface area contributed by atoms with Gasteiger partial charge in [-0.05, 0) is 6.42 Å². The summed E-state index contributed by atoms with van der Waals surface area (Å²) in [5.74, 6) is 0.100. The second-order valence-electron chi connectivity index (χ2n) is 3.20. The molecule has 0 aromatic carbocycles. The number of rotatable bonds is 5. The Bertz CT molecular complexity index is 372. The molecule has 1 heterocycles. The van der Waals surface area contributed by atoms with E-state index in [0.717, 1.165) is 18.9 Å². The predicted octanol–water partition coefficient (Wildman–Crippen LogP) is 0.757. The number of aliphatic hydroxyl groups is 1. The molecular weight excluding hydrogens is 198 g/mol. The number of unbranched alkanes of at least 4 members (excludes halogenated alkanes) is 1. The molecule has 0 bridgehead atoms. The Kier molecular flexibility index (Phi) is 4.17. The van der Waals surface area contributed by atoms with Gasteiger partial charge in [-0.1, -0.05) is 13.3 Å². The standard InChI is InChI=1S/C10H15NO4/c1-2-3-4-15-10-6-11(14)8(7-12)5-9(10)13/h5-6,12,14H,2-4,7H2,1H3. The first-order chi connectivity index (χ1) is 7.19. The molecule has 1 aromatic heterocycles. The summed E-state index contributed by atoms with van der Waals surface area (Å²) >= 11 is 0. The van der Waals surface area contributed by atoms with Crippen molar-refractivity contribution in [2.75, 3.05) is 6.61 Å². The van der Waals surface area contributed by atoms with Crippen molar-refractivity contribution in [2.24, 2.45) is 0 Å². The minimum absolute atomic E-state index is 0.100. The van der Waals surface area contributed by atoms with Crippen molar-refractivity contribution in [3.8, 4) is 5.75 Å². The molecule has 0 amide bonds. The molecule has 5 heteroatoms. The molecule has 0 fully saturated rings. The third-order valence-corrected chi connectivity index (χ3v) is 1.99. The van der Waals surface area contributed by atoms with Gasteiger partial charge in [-0.25, -0.2) is 0 Å². The average Bonchev–Trinajstić information content (AvgIpc) is 2.23.